The molecule has 0 radical (unpaired) electrons. The van der Waals surface area contributed by atoms with Crippen molar-refractivity contribution in [3.05, 3.63) is 29.2 Å². The van der Waals surface area contributed by atoms with Gasteiger partial charge in [-0.25, -0.2) is 4.98 Å². The lowest BCUT2D eigenvalue weighted by Crippen LogP contribution is -1.96. The van der Waals surface area contributed by atoms with Crippen LogP contribution in [-0.2, 0) is 0 Å². The molecule has 1 heterocycles. The Hall–Kier alpha value is -1.88. The largest absolute Gasteiger partial charge is 0.493 e. The molecule has 0 saturated carbocycles. The van der Waals surface area contributed by atoms with Crippen LogP contribution in [-0.4, -0.2) is 29.4 Å². The molecule has 94 valence electrons. The highest BCUT2D eigenvalue weighted by atomic mass is 35.5. The highest BCUT2D eigenvalue weighted by Crippen LogP contribution is 2.36. The fourth-order valence-corrected chi connectivity index (χ4v) is 1.85. The summed E-state index contributed by atoms with van der Waals surface area (Å²) in [5.41, 5.74) is 2.30. The van der Waals surface area contributed by atoms with Gasteiger partial charge in [0.25, 0.3) is 0 Å². The van der Waals surface area contributed by atoms with Gasteiger partial charge in [-0.15, -0.1) is 10.2 Å². The van der Waals surface area contributed by atoms with Gasteiger partial charge in [-0.3, -0.25) is 0 Å². The maximum Gasteiger partial charge on any atom is 0.161 e. The van der Waals surface area contributed by atoms with Crippen LogP contribution < -0.4 is 9.47 Å². The molecule has 0 N–H and O–H groups in total. The summed E-state index contributed by atoms with van der Waals surface area (Å²) in [5, 5.41) is 8.05. The lowest BCUT2D eigenvalue weighted by Gasteiger charge is -2.12. The van der Waals surface area contributed by atoms with Crippen molar-refractivity contribution in [1.82, 2.24) is 15.2 Å². The van der Waals surface area contributed by atoms with Crippen LogP contribution in [0.25, 0.3) is 11.3 Å². The van der Waals surface area contributed by atoms with Gasteiger partial charge in [0.2, 0.25) is 0 Å². The molecule has 18 heavy (non-hydrogen) atoms. The van der Waals surface area contributed by atoms with Crippen LogP contribution >= 0.6 is 11.6 Å². The Morgan fingerprint density at radius 2 is 1.78 bits per heavy atom. The van der Waals surface area contributed by atoms with Gasteiger partial charge in [-0.1, -0.05) is 11.6 Å². The van der Waals surface area contributed by atoms with Crippen molar-refractivity contribution in [3.63, 3.8) is 0 Å². The highest BCUT2D eigenvalue weighted by Gasteiger charge is 2.14. The van der Waals surface area contributed by atoms with Gasteiger partial charge in [-0.05, 0) is 24.6 Å². The molecule has 0 saturated heterocycles. The van der Waals surface area contributed by atoms with Crippen LogP contribution in [0.1, 0.15) is 5.56 Å². The Morgan fingerprint density at radius 1 is 1.11 bits per heavy atom. The number of hydrogen-bond donors (Lipinski definition) is 0. The minimum absolute atomic E-state index is 0.306. The number of aromatic nitrogens is 3. The molecule has 1 aromatic carbocycles. The van der Waals surface area contributed by atoms with E-state index in [1.54, 1.807) is 14.2 Å². The Labute approximate surface area is 110 Å². The maximum absolute atomic E-state index is 6.01. The molecule has 0 fully saturated rings. The van der Waals surface area contributed by atoms with Gasteiger partial charge in [0.15, 0.2) is 16.7 Å². The van der Waals surface area contributed by atoms with Crippen molar-refractivity contribution in [2.24, 2.45) is 0 Å². The van der Waals surface area contributed by atoms with E-state index in [4.69, 9.17) is 21.1 Å². The predicted molar refractivity (Wildman–Crippen MR) is 68.1 cm³/mol. The number of rotatable bonds is 3. The first-order valence-corrected chi connectivity index (χ1v) is 5.61. The highest BCUT2D eigenvalue weighted by molar-refractivity contribution is 6.31. The normalized spacial score (nSPS) is 10.2. The molecule has 0 aliphatic rings. The molecule has 0 unspecified atom stereocenters. The Balaban J connectivity index is 2.62. The Morgan fingerprint density at radius 3 is 2.39 bits per heavy atom. The average Bonchev–Trinajstić information content (AvgIpc) is 2.39. The van der Waals surface area contributed by atoms with Crippen molar-refractivity contribution >= 4 is 11.6 Å². The molecular formula is C12H12ClN3O2. The summed E-state index contributed by atoms with van der Waals surface area (Å²) >= 11 is 6.01. The van der Waals surface area contributed by atoms with E-state index in [2.05, 4.69) is 15.2 Å². The summed E-state index contributed by atoms with van der Waals surface area (Å²) in [4.78, 5) is 3.91. The van der Waals surface area contributed by atoms with Crippen molar-refractivity contribution in [3.8, 4) is 22.8 Å². The second-order valence-electron chi connectivity index (χ2n) is 3.62. The minimum Gasteiger partial charge on any atom is -0.493 e. The van der Waals surface area contributed by atoms with Crippen molar-refractivity contribution in [2.45, 2.75) is 6.92 Å². The van der Waals surface area contributed by atoms with E-state index >= 15 is 0 Å². The van der Waals surface area contributed by atoms with E-state index < -0.39 is 0 Å². The van der Waals surface area contributed by atoms with Gasteiger partial charge in [0.1, 0.15) is 12.0 Å². The molecule has 0 aliphatic carbocycles. The Bertz CT molecular complexity index is 575. The standard InChI is InChI=1S/C12H12ClN3O2/c1-7-4-9(17-2)10(18-3)5-8(7)11-12(13)14-6-15-16-11/h4-6H,1-3H3. The van der Waals surface area contributed by atoms with E-state index in [1.807, 2.05) is 19.1 Å². The number of nitrogens with zero attached hydrogens (tertiary/aromatic N) is 3. The van der Waals surface area contributed by atoms with E-state index in [0.29, 0.717) is 22.3 Å². The van der Waals surface area contributed by atoms with Gasteiger partial charge in [-0.2, -0.15) is 0 Å². The topological polar surface area (TPSA) is 57.1 Å². The van der Waals surface area contributed by atoms with E-state index in [0.717, 1.165) is 11.1 Å². The zero-order valence-electron chi connectivity index (χ0n) is 10.3. The molecule has 5 nitrogen and oxygen atoms in total. The van der Waals surface area contributed by atoms with Crippen LogP contribution in [0.3, 0.4) is 0 Å². The van der Waals surface area contributed by atoms with Crippen LogP contribution in [0.15, 0.2) is 18.5 Å². The second kappa shape index (κ2) is 5.18. The lowest BCUT2D eigenvalue weighted by molar-refractivity contribution is 0.355. The van der Waals surface area contributed by atoms with E-state index in [9.17, 15) is 0 Å². The van der Waals surface area contributed by atoms with Crippen molar-refractivity contribution in [1.29, 1.82) is 0 Å². The summed E-state index contributed by atoms with van der Waals surface area (Å²) in [5.74, 6) is 1.27. The number of benzene rings is 1. The van der Waals surface area contributed by atoms with Crippen molar-refractivity contribution < 1.29 is 9.47 Å². The molecule has 0 atom stereocenters. The smallest absolute Gasteiger partial charge is 0.161 e. The zero-order valence-corrected chi connectivity index (χ0v) is 11.0. The van der Waals surface area contributed by atoms with Crippen LogP contribution in [0.4, 0.5) is 0 Å². The molecular weight excluding hydrogens is 254 g/mol. The number of aryl methyl sites for hydroxylation is 1. The molecule has 1 aromatic heterocycles. The Kier molecular flexibility index (Phi) is 3.62. The average molecular weight is 266 g/mol. The third-order valence-corrected chi connectivity index (χ3v) is 2.84. The second-order valence-corrected chi connectivity index (χ2v) is 3.98. The fourth-order valence-electron chi connectivity index (χ4n) is 1.66. The number of halogens is 1. The van der Waals surface area contributed by atoms with Gasteiger partial charge < -0.3 is 9.47 Å². The maximum atomic E-state index is 6.01. The predicted octanol–water partition coefficient (Wildman–Crippen LogP) is 2.52. The van der Waals surface area contributed by atoms with Crippen LogP contribution in [0, 0.1) is 6.92 Å². The summed E-state index contributed by atoms with van der Waals surface area (Å²) in [7, 11) is 3.17. The third-order valence-electron chi connectivity index (χ3n) is 2.56. The van der Waals surface area contributed by atoms with Gasteiger partial charge in [0.05, 0.1) is 14.2 Å². The lowest BCUT2D eigenvalue weighted by atomic mass is 10.1. The summed E-state index contributed by atoms with van der Waals surface area (Å²) in [6.45, 7) is 1.93. The first kappa shape index (κ1) is 12.6. The van der Waals surface area contributed by atoms with Crippen molar-refractivity contribution in [2.75, 3.05) is 14.2 Å². The van der Waals surface area contributed by atoms with Crippen LogP contribution in [0.2, 0.25) is 5.15 Å². The van der Waals surface area contributed by atoms with E-state index in [-0.39, 0.29) is 0 Å². The zero-order chi connectivity index (χ0) is 13.1. The summed E-state index contributed by atoms with van der Waals surface area (Å²) < 4.78 is 10.5. The summed E-state index contributed by atoms with van der Waals surface area (Å²) in [6.07, 6.45) is 1.31. The molecule has 0 aliphatic heterocycles. The van der Waals surface area contributed by atoms with Gasteiger partial charge in [0, 0.05) is 5.56 Å². The minimum atomic E-state index is 0.306. The first-order chi connectivity index (χ1) is 8.67. The quantitative estimate of drug-likeness (QED) is 0.853. The first-order valence-electron chi connectivity index (χ1n) is 5.23. The molecule has 0 bridgehead atoms. The van der Waals surface area contributed by atoms with Gasteiger partial charge >= 0.3 is 0 Å². The number of hydrogen-bond acceptors (Lipinski definition) is 5. The molecule has 0 amide bonds. The number of methoxy groups -OCH3 is 2. The summed E-state index contributed by atoms with van der Waals surface area (Å²) in [6, 6.07) is 3.67. The monoisotopic (exact) mass is 265 g/mol. The SMILES string of the molecule is COc1cc(C)c(-c2nncnc2Cl)cc1OC. The molecule has 2 aromatic rings. The fraction of sp³-hybridized carbons (Fsp3) is 0.250. The van der Waals surface area contributed by atoms with Crippen LogP contribution in [0.5, 0.6) is 11.5 Å². The van der Waals surface area contributed by atoms with E-state index in [1.165, 1.54) is 6.33 Å². The molecule has 2 rings (SSSR count). The number of ether oxygens (including phenoxy) is 2. The molecule has 0 spiro atoms. The third kappa shape index (κ3) is 2.22. The molecule has 6 heteroatoms.